The van der Waals surface area contributed by atoms with Crippen LogP contribution in [0, 0.1) is 24.2 Å². The molecule has 0 aliphatic carbocycles. The maximum Gasteiger partial charge on any atom is 0.261 e. The van der Waals surface area contributed by atoms with Crippen LogP contribution >= 0.6 is 23.4 Å². The van der Waals surface area contributed by atoms with Crippen LogP contribution in [0.15, 0.2) is 62.6 Å². The lowest BCUT2D eigenvalue weighted by Gasteiger charge is -2.27. The number of aldehydes is 1. The SMILES string of the molecule is COCCN(CCN1C(=O)c2ccccc2C1=O)c1ccc(/N=N/C2SC(C=O)=C(Cl)C2C#N)c(C)c1. The molecular weight excluding hydrogens is 514 g/mol. The molecule has 4 rings (SSSR count). The molecule has 0 saturated heterocycles. The monoisotopic (exact) mass is 537 g/mol. The third kappa shape index (κ3) is 5.44. The number of fused-ring (bicyclic) bond motifs is 1. The van der Waals surface area contributed by atoms with E-state index >= 15 is 0 Å². The van der Waals surface area contributed by atoms with E-state index in [1.807, 2.05) is 30.0 Å². The fourth-order valence-electron chi connectivity index (χ4n) is 4.13. The van der Waals surface area contributed by atoms with E-state index in [-0.39, 0.29) is 23.4 Å². The van der Waals surface area contributed by atoms with E-state index in [0.717, 1.165) is 23.0 Å². The van der Waals surface area contributed by atoms with Gasteiger partial charge in [-0.2, -0.15) is 15.5 Å². The van der Waals surface area contributed by atoms with Crippen LogP contribution in [0.2, 0.25) is 0 Å². The second-order valence-electron chi connectivity index (χ2n) is 8.42. The molecule has 37 heavy (non-hydrogen) atoms. The fourth-order valence-corrected chi connectivity index (χ4v) is 5.53. The van der Waals surface area contributed by atoms with Gasteiger partial charge in [0.15, 0.2) is 6.29 Å². The number of amides is 2. The van der Waals surface area contributed by atoms with Gasteiger partial charge in [0.25, 0.3) is 11.8 Å². The highest BCUT2D eigenvalue weighted by Gasteiger charge is 2.36. The van der Waals surface area contributed by atoms with Gasteiger partial charge in [0.2, 0.25) is 0 Å². The van der Waals surface area contributed by atoms with E-state index in [9.17, 15) is 19.6 Å². The van der Waals surface area contributed by atoms with Crippen molar-refractivity contribution in [2.24, 2.45) is 16.1 Å². The summed E-state index contributed by atoms with van der Waals surface area (Å²) in [5.41, 5.74) is 3.19. The molecule has 0 saturated carbocycles. The number of aryl methyl sites for hydroxylation is 1. The summed E-state index contributed by atoms with van der Waals surface area (Å²) in [4.78, 5) is 40.3. The summed E-state index contributed by atoms with van der Waals surface area (Å²) in [7, 11) is 1.61. The molecule has 2 aliphatic heterocycles. The molecule has 2 aliphatic rings. The maximum atomic E-state index is 12.7. The highest BCUT2D eigenvalue weighted by atomic mass is 35.5. The van der Waals surface area contributed by atoms with Crippen molar-refractivity contribution in [3.05, 3.63) is 69.1 Å². The van der Waals surface area contributed by atoms with E-state index in [0.29, 0.717) is 47.7 Å². The van der Waals surface area contributed by atoms with Gasteiger partial charge in [-0.25, -0.2) is 0 Å². The molecule has 0 fully saturated rings. The lowest BCUT2D eigenvalue weighted by Crippen LogP contribution is -2.39. The number of hydrogen-bond donors (Lipinski definition) is 0. The lowest BCUT2D eigenvalue weighted by molar-refractivity contribution is -0.104. The number of rotatable bonds is 10. The number of ether oxygens (including phenoxy) is 1. The fraction of sp³-hybridized carbons (Fsp3) is 0.308. The molecule has 0 bridgehead atoms. The minimum atomic E-state index is -0.720. The van der Waals surface area contributed by atoms with E-state index in [2.05, 4.69) is 16.3 Å². The summed E-state index contributed by atoms with van der Waals surface area (Å²) in [5.74, 6) is -1.29. The quantitative estimate of drug-likeness (QED) is 0.245. The first-order chi connectivity index (χ1) is 17.9. The number of hydrogen-bond acceptors (Lipinski definition) is 9. The Balaban J connectivity index is 1.47. The zero-order valence-electron chi connectivity index (χ0n) is 20.3. The molecule has 2 amide bonds. The number of benzene rings is 2. The molecule has 190 valence electrons. The molecule has 0 radical (unpaired) electrons. The molecule has 2 aromatic rings. The van der Waals surface area contributed by atoms with Crippen molar-refractivity contribution < 1.29 is 19.1 Å². The summed E-state index contributed by atoms with van der Waals surface area (Å²) in [5, 5.41) is 17.6. The molecule has 0 spiro atoms. The second-order valence-corrected chi connectivity index (χ2v) is 9.98. The minimum absolute atomic E-state index is 0.199. The van der Waals surface area contributed by atoms with Crippen molar-refractivity contribution in [2.75, 3.05) is 38.3 Å². The minimum Gasteiger partial charge on any atom is -0.383 e. The topological polar surface area (TPSA) is 115 Å². The third-order valence-electron chi connectivity index (χ3n) is 6.15. The van der Waals surface area contributed by atoms with Crippen LogP contribution in [0.1, 0.15) is 26.3 Å². The van der Waals surface area contributed by atoms with Crippen LogP contribution < -0.4 is 4.90 Å². The Kier molecular flexibility index (Phi) is 8.38. The van der Waals surface area contributed by atoms with Crippen molar-refractivity contribution in [3.63, 3.8) is 0 Å². The number of nitriles is 1. The molecule has 2 atom stereocenters. The van der Waals surface area contributed by atoms with Gasteiger partial charge in [-0.3, -0.25) is 19.3 Å². The Bertz CT molecular complexity index is 1300. The summed E-state index contributed by atoms with van der Waals surface area (Å²) >= 11 is 7.24. The molecule has 11 heteroatoms. The number of methoxy groups -OCH3 is 1. The van der Waals surface area contributed by atoms with Gasteiger partial charge in [0, 0.05) is 32.4 Å². The van der Waals surface area contributed by atoms with Crippen LogP contribution in [0.5, 0.6) is 0 Å². The van der Waals surface area contributed by atoms with Crippen LogP contribution in [-0.2, 0) is 9.53 Å². The summed E-state index contributed by atoms with van der Waals surface area (Å²) in [6.45, 7) is 3.57. The van der Waals surface area contributed by atoms with Crippen molar-refractivity contribution in [1.29, 1.82) is 5.26 Å². The molecule has 0 N–H and O–H groups in total. The molecule has 0 aromatic heterocycles. The van der Waals surface area contributed by atoms with Crippen LogP contribution in [-0.4, -0.2) is 61.7 Å². The predicted octanol–water partition coefficient (Wildman–Crippen LogP) is 4.69. The number of carbonyl (C=O) groups excluding carboxylic acids is 3. The van der Waals surface area contributed by atoms with E-state index in [1.165, 1.54) is 4.90 Å². The summed E-state index contributed by atoms with van der Waals surface area (Å²) < 4.78 is 5.26. The van der Waals surface area contributed by atoms with E-state index in [1.54, 1.807) is 31.4 Å². The average molecular weight is 538 g/mol. The largest absolute Gasteiger partial charge is 0.383 e. The zero-order chi connectivity index (χ0) is 26.5. The first-order valence-corrected chi connectivity index (χ1v) is 12.8. The number of azo groups is 1. The molecule has 2 heterocycles. The smallest absolute Gasteiger partial charge is 0.261 e. The van der Waals surface area contributed by atoms with Gasteiger partial charge < -0.3 is 9.64 Å². The van der Waals surface area contributed by atoms with Crippen LogP contribution in [0.4, 0.5) is 11.4 Å². The standard InChI is InChI=1S/C26H24ClN5O4S/c1-16-13-17(7-8-21(16)29-30-24-20(14-28)23(27)22(15-33)37-24)31(11-12-36-2)9-10-32-25(34)18-5-3-4-6-19(18)26(32)35/h3-8,13,15,20,24H,9-12H2,1-2H3/b30-29+. The number of carbonyl (C=O) groups is 3. The highest BCUT2D eigenvalue weighted by molar-refractivity contribution is 8.04. The molecular formula is C26H24ClN5O4S. The molecule has 2 unspecified atom stereocenters. The Hall–Kier alpha value is -3.52. The van der Waals surface area contributed by atoms with Gasteiger partial charge in [0.05, 0.1) is 39.4 Å². The van der Waals surface area contributed by atoms with Crippen molar-refractivity contribution in [2.45, 2.75) is 12.3 Å². The Morgan fingerprint density at radius 2 is 1.89 bits per heavy atom. The molecule has 9 nitrogen and oxygen atoms in total. The van der Waals surface area contributed by atoms with Crippen LogP contribution in [0.3, 0.4) is 0 Å². The lowest BCUT2D eigenvalue weighted by atomic mass is 10.1. The Morgan fingerprint density at radius 1 is 1.19 bits per heavy atom. The normalized spacial score (nSPS) is 19.0. The van der Waals surface area contributed by atoms with Gasteiger partial charge in [-0.05, 0) is 42.8 Å². The Labute approximate surface area is 223 Å². The number of allylic oxidation sites excluding steroid dienone is 1. The maximum absolute atomic E-state index is 12.7. The van der Waals surface area contributed by atoms with Gasteiger partial charge in [0.1, 0.15) is 11.3 Å². The molecule has 2 aromatic carbocycles. The first kappa shape index (κ1) is 26.5. The van der Waals surface area contributed by atoms with Gasteiger partial charge >= 0.3 is 0 Å². The van der Waals surface area contributed by atoms with Crippen molar-refractivity contribution in [1.82, 2.24) is 4.90 Å². The second kappa shape index (κ2) is 11.7. The number of thioether (sulfide) groups is 1. The van der Waals surface area contributed by atoms with Gasteiger partial charge in [-0.15, -0.1) is 0 Å². The number of halogens is 1. The van der Waals surface area contributed by atoms with E-state index < -0.39 is 11.3 Å². The number of imide groups is 1. The highest BCUT2D eigenvalue weighted by Crippen LogP contribution is 2.44. The Morgan fingerprint density at radius 3 is 2.49 bits per heavy atom. The number of nitrogens with zero attached hydrogens (tertiary/aromatic N) is 5. The third-order valence-corrected chi connectivity index (χ3v) is 7.88. The summed E-state index contributed by atoms with van der Waals surface area (Å²) in [6, 6.07) is 14.5. The van der Waals surface area contributed by atoms with Gasteiger partial charge in [-0.1, -0.05) is 35.5 Å². The first-order valence-electron chi connectivity index (χ1n) is 11.5. The number of anilines is 1. The predicted molar refractivity (Wildman–Crippen MR) is 141 cm³/mol. The van der Waals surface area contributed by atoms with Crippen molar-refractivity contribution in [3.8, 4) is 6.07 Å². The van der Waals surface area contributed by atoms with Crippen molar-refractivity contribution >= 4 is 52.8 Å². The average Bonchev–Trinajstić information content (AvgIpc) is 3.35. The zero-order valence-corrected chi connectivity index (χ0v) is 21.8. The van der Waals surface area contributed by atoms with Crippen LogP contribution in [0.25, 0.3) is 0 Å². The summed E-state index contributed by atoms with van der Waals surface area (Å²) in [6.07, 6.45) is 0.628. The van der Waals surface area contributed by atoms with E-state index in [4.69, 9.17) is 16.3 Å².